The zero-order valence-electron chi connectivity index (χ0n) is 15.4. The van der Waals surface area contributed by atoms with Crippen molar-refractivity contribution in [1.29, 1.82) is 0 Å². The lowest BCUT2D eigenvalue weighted by molar-refractivity contribution is 0.0950. The Morgan fingerprint density at radius 3 is 2.56 bits per heavy atom. The van der Waals surface area contributed by atoms with Gasteiger partial charge < -0.3 is 14.8 Å². The van der Waals surface area contributed by atoms with Gasteiger partial charge in [-0.05, 0) is 36.2 Å². The molecule has 0 radical (unpaired) electrons. The number of nitrogens with one attached hydrogen (secondary N) is 1. The third-order valence-corrected chi connectivity index (χ3v) is 4.01. The Morgan fingerprint density at radius 2 is 1.89 bits per heavy atom. The average molecular weight is 366 g/mol. The van der Waals surface area contributed by atoms with Crippen LogP contribution < -0.4 is 14.8 Å². The highest BCUT2D eigenvalue weighted by Gasteiger charge is 2.11. The molecule has 0 atom stereocenters. The molecular formula is C20H22N4O3. The van der Waals surface area contributed by atoms with Crippen LogP contribution in [0.25, 0.3) is 0 Å². The molecule has 7 heteroatoms. The lowest BCUT2D eigenvalue weighted by atomic mass is 10.1. The number of hydrogen-bond acceptors (Lipinski definition) is 5. The number of amides is 1. The van der Waals surface area contributed by atoms with Crippen LogP contribution >= 0.6 is 0 Å². The van der Waals surface area contributed by atoms with E-state index in [9.17, 15) is 4.79 Å². The maximum atomic E-state index is 12.4. The topological polar surface area (TPSA) is 78.3 Å². The molecule has 27 heavy (non-hydrogen) atoms. The van der Waals surface area contributed by atoms with E-state index in [1.165, 1.54) is 6.33 Å². The van der Waals surface area contributed by atoms with E-state index in [0.717, 1.165) is 11.1 Å². The summed E-state index contributed by atoms with van der Waals surface area (Å²) in [4.78, 5) is 16.3. The number of benzene rings is 2. The lowest BCUT2D eigenvalue weighted by Crippen LogP contribution is -2.22. The zero-order valence-corrected chi connectivity index (χ0v) is 15.4. The van der Waals surface area contributed by atoms with E-state index < -0.39 is 0 Å². The Hall–Kier alpha value is -3.35. The summed E-state index contributed by atoms with van der Waals surface area (Å²) in [5.74, 6) is 1.00. The molecule has 0 saturated heterocycles. The van der Waals surface area contributed by atoms with Gasteiger partial charge in [-0.1, -0.05) is 24.3 Å². The van der Waals surface area contributed by atoms with Gasteiger partial charge in [-0.15, -0.1) is 0 Å². The SMILES string of the molecule is CCOc1ccc(C(=O)NCc2ccc(Cn3cncn3)cc2)cc1OC. The highest BCUT2D eigenvalue weighted by molar-refractivity contribution is 5.94. The van der Waals surface area contributed by atoms with Crippen LogP contribution in [0.3, 0.4) is 0 Å². The van der Waals surface area contributed by atoms with E-state index in [-0.39, 0.29) is 5.91 Å². The van der Waals surface area contributed by atoms with Crippen molar-refractivity contribution in [2.75, 3.05) is 13.7 Å². The van der Waals surface area contributed by atoms with Crippen LogP contribution in [0.2, 0.25) is 0 Å². The normalized spacial score (nSPS) is 10.4. The number of methoxy groups -OCH3 is 1. The Balaban J connectivity index is 1.58. The van der Waals surface area contributed by atoms with Crippen LogP contribution in [0, 0.1) is 0 Å². The smallest absolute Gasteiger partial charge is 0.251 e. The fraction of sp³-hybridized carbons (Fsp3) is 0.250. The summed E-state index contributed by atoms with van der Waals surface area (Å²) in [5, 5.41) is 7.01. The van der Waals surface area contributed by atoms with Crippen molar-refractivity contribution in [1.82, 2.24) is 20.1 Å². The highest BCUT2D eigenvalue weighted by atomic mass is 16.5. The average Bonchev–Trinajstić information content (AvgIpc) is 3.21. The molecule has 1 aromatic heterocycles. The minimum absolute atomic E-state index is 0.164. The molecule has 0 saturated carbocycles. The number of aromatic nitrogens is 3. The molecule has 0 bridgehead atoms. The molecule has 0 aliphatic carbocycles. The Labute approximate surface area is 158 Å². The summed E-state index contributed by atoms with van der Waals surface area (Å²) in [6.07, 6.45) is 3.19. The third-order valence-electron chi connectivity index (χ3n) is 4.01. The first-order valence-corrected chi connectivity index (χ1v) is 8.69. The second-order valence-corrected chi connectivity index (χ2v) is 5.89. The van der Waals surface area contributed by atoms with Crippen molar-refractivity contribution in [2.45, 2.75) is 20.0 Å². The van der Waals surface area contributed by atoms with Crippen molar-refractivity contribution < 1.29 is 14.3 Å². The highest BCUT2D eigenvalue weighted by Crippen LogP contribution is 2.28. The number of hydrogen-bond donors (Lipinski definition) is 1. The van der Waals surface area contributed by atoms with Crippen LogP contribution in [-0.2, 0) is 13.1 Å². The van der Waals surface area contributed by atoms with Gasteiger partial charge in [-0.2, -0.15) is 5.10 Å². The first kappa shape index (κ1) is 18.4. The van der Waals surface area contributed by atoms with E-state index in [4.69, 9.17) is 9.47 Å². The number of carbonyl (C=O) groups excluding carboxylic acids is 1. The number of nitrogens with zero attached hydrogens (tertiary/aromatic N) is 3. The van der Waals surface area contributed by atoms with Crippen molar-refractivity contribution in [2.24, 2.45) is 0 Å². The van der Waals surface area contributed by atoms with E-state index >= 15 is 0 Å². The molecule has 0 aliphatic heterocycles. The molecule has 0 spiro atoms. The van der Waals surface area contributed by atoms with E-state index in [0.29, 0.717) is 36.8 Å². The fourth-order valence-corrected chi connectivity index (χ4v) is 2.63. The van der Waals surface area contributed by atoms with Gasteiger partial charge in [0, 0.05) is 12.1 Å². The van der Waals surface area contributed by atoms with Crippen molar-refractivity contribution in [3.05, 3.63) is 71.8 Å². The molecule has 2 aromatic carbocycles. The van der Waals surface area contributed by atoms with E-state index in [1.807, 2.05) is 31.2 Å². The maximum absolute atomic E-state index is 12.4. The first-order chi connectivity index (χ1) is 13.2. The molecule has 0 unspecified atom stereocenters. The minimum Gasteiger partial charge on any atom is -0.493 e. The summed E-state index contributed by atoms with van der Waals surface area (Å²) >= 11 is 0. The minimum atomic E-state index is -0.164. The number of rotatable bonds is 8. The summed E-state index contributed by atoms with van der Waals surface area (Å²) < 4.78 is 12.5. The van der Waals surface area contributed by atoms with Gasteiger partial charge in [0.25, 0.3) is 5.91 Å². The van der Waals surface area contributed by atoms with Gasteiger partial charge in [-0.3, -0.25) is 4.79 Å². The van der Waals surface area contributed by atoms with Crippen LogP contribution in [0.15, 0.2) is 55.1 Å². The molecule has 3 aromatic rings. The monoisotopic (exact) mass is 366 g/mol. The zero-order chi connectivity index (χ0) is 19.1. The molecular weight excluding hydrogens is 344 g/mol. The molecule has 140 valence electrons. The first-order valence-electron chi connectivity index (χ1n) is 8.69. The predicted molar refractivity (Wildman–Crippen MR) is 101 cm³/mol. The lowest BCUT2D eigenvalue weighted by Gasteiger charge is -2.11. The molecule has 1 N–H and O–H groups in total. The van der Waals surface area contributed by atoms with Gasteiger partial charge >= 0.3 is 0 Å². The predicted octanol–water partition coefficient (Wildman–Crippen LogP) is 2.66. The molecule has 1 amide bonds. The molecule has 3 rings (SSSR count). The third kappa shape index (κ3) is 4.84. The molecule has 7 nitrogen and oxygen atoms in total. The van der Waals surface area contributed by atoms with Crippen molar-refractivity contribution >= 4 is 5.91 Å². The van der Waals surface area contributed by atoms with Crippen molar-refractivity contribution in [3.63, 3.8) is 0 Å². The van der Waals surface area contributed by atoms with E-state index in [2.05, 4.69) is 15.4 Å². The molecule has 0 aliphatic rings. The van der Waals surface area contributed by atoms with Crippen LogP contribution in [0.4, 0.5) is 0 Å². The van der Waals surface area contributed by atoms with Gasteiger partial charge in [0.2, 0.25) is 0 Å². The van der Waals surface area contributed by atoms with Gasteiger partial charge in [0.15, 0.2) is 11.5 Å². The Kier molecular flexibility index (Phi) is 6.04. The second kappa shape index (κ2) is 8.84. The summed E-state index contributed by atoms with van der Waals surface area (Å²) in [5.41, 5.74) is 2.66. The van der Waals surface area contributed by atoms with E-state index in [1.54, 1.807) is 36.3 Å². The summed E-state index contributed by atoms with van der Waals surface area (Å²) in [7, 11) is 1.56. The Morgan fingerprint density at radius 1 is 1.11 bits per heavy atom. The maximum Gasteiger partial charge on any atom is 0.251 e. The van der Waals surface area contributed by atoms with Crippen LogP contribution in [-0.4, -0.2) is 34.4 Å². The second-order valence-electron chi connectivity index (χ2n) is 5.89. The molecule has 0 fully saturated rings. The Bertz CT molecular complexity index is 877. The van der Waals surface area contributed by atoms with Crippen LogP contribution in [0.1, 0.15) is 28.4 Å². The van der Waals surface area contributed by atoms with Gasteiger partial charge in [-0.25, -0.2) is 9.67 Å². The number of carbonyl (C=O) groups is 1. The van der Waals surface area contributed by atoms with Gasteiger partial charge in [0.1, 0.15) is 12.7 Å². The van der Waals surface area contributed by atoms with Crippen LogP contribution in [0.5, 0.6) is 11.5 Å². The number of ether oxygens (including phenoxy) is 2. The fourth-order valence-electron chi connectivity index (χ4n) is 2.63. The van der Waals surface area contributed by atoms with Gasteiger partial charge in [0.05, 0.1) is 20.3 Å². The summed E-state index contributed by atoms with van der Waals surface area (Å²) in [6, 6.07) is 13.2. The van der Waals surface area contributed by atoms with Crippen molar-refractivity contribution in [3.8, 4) is 11.5 Å². The summed E-state index contributed by atoms with van der Waals surface area (Å²) in [6.45, 7) is 3.54. The largest absolute Gasteiger partial charge is 0.493 e. The molecule has 1 heterocycles. The quantitative estimate of drug-likeness (QED) is 0.663. The standard InChI is InChI=1S/C20H22N4O3/c1-3-27-18-9-8-17(10-19(18)26-2)20(25)22-11-15-4-6-16(7-5-15)12-24-14-21-13-23-24/h4-10,13-14H,3,11-12H2,1-2H3,(H,22,25).